The minimum Gasteiger partial charge on any atom is -0.345 e. The summed E-state index contributed by atoms with van der Waals surface area (Å²) < 4.78 is 18.7. The van der Waals surface area contributed by atoms with Gasteiger partial charge in [-0.2, -0.15) is 4.98 Å². The molecule has 0 aliphatic rings. The minimum atomic E-state index is -0.400. The lowest BCUT2D eigenvalue weighted by Gasteiger charge is -2.15. The van der Waals surface area contributed by atoms with Gasteiger partial charge in [0.25, 0.3) is 5.89 Å². The van der Waals surface area contributed by atoms with Crippen LogP contribution < -0.4 is 0 Å². The number of likely N-dealkylation sites (N-methyl/N-ethyl adjacent to an activating group) is 1. The first-order valence-corrected chi connectivity index (χ1v) is 6.93. The molecule has 0 atom stereocenters. The highest BCUT2D eigenvalue weighted by molar-refractivity contribution is 5.75. The molecule has 1 amide bonds. The van der Waals surface area contributed by atoms with Crippen molar-refractivity contribution in [2.45, 2.75) is 26.2 Å². The number of aromatic nitrogens is 2. The molecule has 2 rings (SSSR count). The van der Waals surface area contributed by atoms with E-state index in [1.165, 1.54) is 6.07 Å². The summed E-state index contributed by atoms with van der Waals surface area (Å²) in [5, 5.41) is 3.82. The van der Waals surface area contributed by atoms with Crippen LogP contribution in [0.15, 0.2) is 28.8 Å². The monoisotopic (exact) mass is 291 g/mol. The maximum Gasteiger partial charge on any atom is 0.260 e. The van der Waals surface area contributed by atoms with Crippen LogP contribution in [-0.2, 0) is 11.2 Å². The summed E-state index contributed by atoms with van der Waals surface area (Å²) in [6, 6.07) is 6.24. The smallest absolute Gasteiger partial charge is 0.260 e. The summed E-state index contributed by atoms with van der Waals surface area (Å²) in [5.41, 5.74) is 0.284. The Labute approximate surface area is 122 Å². The summed E-state index contributed by atoms with van der Waals surface area (Å²) in [4.78, 5) is 17.5. The third kappa shape index (κ3) is 3.87. The number of rotatable bonds is 6. The van der Waals surface area contributed by atoms with Crippen molar-refractivity contribution in [1.29, 1.82) is 0 Å². The number of nitrogens with zero attached hydrogens (tertiary/aromatic N) is 3. The molecule has 0 saturated heterocycles. The van der Waals surface area contributed by atoms with Crippen LogP contribution in [0.3, 0.4) is 0 Å². The number of hydrogen-bond donors (Lipinski definition) is 0. The number of benzene rings is 1. The van der Waals surface area contributed by atoms with Gasteiger partial charge in [0.05, 0.1) is 5.56 Å². The second-order valence-corrected chi connectivity index (χ2v) is 4.81. The van der Waals surface area contributed by atoms with Gasteiger partial charge < -0.3 is 9.42 Å². The quantitative estimate of drug-likeness (QED) is 0.821. The molecule has 21 heavy (non-hydrogen) atoms. The molecule has 1 aromatic heterocycles. The molecule has 0 unspecified atom stereocenters. The predicted octanol–water partition coefficient (Wildman–Crippen LogP) is 2.68. The lowest BCUT2D eigenvalue weighted by Crippen LogP contribution is -2.28. The summed E-state index contributed by atoms with van der Waals surface area (Å²) >= 11 is 0. The van der Waals surface area contributed by atoms with Crippen LogP contribution in [0.25, 0.3) is 11.5 Å². The van der Waals surface area contributed by atoms with Crippen molar-refractivity contribution in [3.05, 3.63) is 35.9 Å². The molecule has 0 spiro atoms. The summed E-state index contributed by atoms with van der Waals surface area (Å²) in [6.45, 7) is 2.47. The zero-order valence-electron chi connectivity index (χ0n) is 12.2. The first-order chi connectivity index (χ1) is 10.1. The predicted molar refractivity (Wildman–Crippen MR) is 75.9 cm³/mol. The molecular formula is C15H18FN3O2. The molecule has 6 heteroatoms. The first-order valence-electron chi connectivity index (χ1n) is 6.93. The van der Waals surface area contributed by atoms with Gasteiger partial charge in [0.1, 0.15) is 5.82 Å². The largest absolute Gasteiger partial charge is 0.345 e. The number of carbonyl (C=O) groups excluding carboxylic acids is 1. The fourth-order valence-electron chi connectivity index (χ4n) is 1.90. The van der Waals surface area contributed by atoms with Gasteiger partial charge in [0.15, 0.2) is 5.82 Å². The molecule has 0 aliphatic carbocycles. The van der Waals surface area contributed by atoms with E-state index in [1.54, 1.807) is 30.1 Å². The molecule has 0 saturated carbocycles. The van der Waals surface area contributed by atoms with E-state index in [0.29, 0.717) is 25.2 Å². The maximum absolute atomic E-state index is 13.6. The topological polar surface area (TPSA) is 59.2 Å². The van der Waals surface area contributed by atoms with Gasteiger partial charge in [0.2, 0.25) is 5.91 Å². The van der Waals surface area contributed by atoms with Crippen molar-refractivity contribution in [3.8, 4) is 11.5 Å². The van der Waals surface area contributed by atoms with Gasteiger partial charge in [-0.1, -0.05) is 24.2 Å². The first kappa shape index (κ1) is 15.2. The average molecular weight is 291 g/mol. The molecule has 112 valence electrons. The van der Waals surface area contributed by atoms with Gasteiger partial charge in [-0.15, -0.1) is 0 Å². The average Bonchev–Trinajstić information content (AvgIpc) is 2.94. The van der Waals surface area contributed by atoms with Crippen LogP contribution in [0.4, 0.5) is 4.39 Å². The Morgan fingerprint density at radius 3 is 2.86 bits per heavy atom. The van der Waals surface area contributed by atoms with E-state index in [1.807, 2.05) is 6.92 Å². The fourth-order valence-corrected chi connectivity index (χ4v) is 1.90. The van der Waals surface area contributed by atoms with E-state index in [2.05, 4.69) is 10.1 Å². The van der Waals surface area contributed by atoms with Crippen LogP contribution in [0, 0.1) is 5.82 Å². The van der Waals surface area contributed by atoms with Crippen LogP contribution in [0.5, 0.6) is 0 Å². The van der Waals surface area contributed by atoms with Gasteiger partial charge in [0, 0.05) is 26.4 Å². The second-order valence-electron chi connectivity index (χ2n) is 4.81. The highest BCUT2D eigenvalue weighted by Crippen LogP contribution is 2.20. The summed E-state index contributed by atoms with van der Waals surface area (Å²) in [6.07, 6.45) is 1.83. The van der Waals surface area contributed by atoms with E-state index in [4.69, 9.17) is 4.52 Å². The SMILES string of the molecule is CCCC(=O)N(C)CCc1noc(-c2ccccc2F)n1. The fraction of sp³-hybridized carbons (Fsp3) is 0.400. The normalized spacial score (nSPS) is 10.6. The lowest BCUT2D eigenvalue weighted by molar-refractivity contribution is -0.129. The molecule has 0 radical (unpaired) electrons. The van der Waals surface area contributed by atoms with Crippen molar-refractivity contribution in [2.75, 3.05) is 13.6 Å². The Balaban J connectivity index is 1.98. The van der Waals surface area contributed by atoms with Crippen molar-refractivity contribution in [1.82, 2.24) is 15.0 Å². The minimum absolute atomic E-state index is 0.0929. The van der Waals surface area contributed by atoms with Gasteiger partial charge in [-0.25, -0.2) is 4.39 Å². The molecule has 0 N–H and O–H groups in total. The summed E-state index contributed by atoms with van der Waals surface area (Å²) in [5.74, 6) is 0.313. The molecule has 2 aromatic rings. The van der Waals surface area contributed by atoms with Gasteiger partial charge in [-0.05, 0) is 18.6 Å². The van der Waals surface area contributed by atoms with Crippen LogP contribution in [-0.4, -0.2) is 34.5 Å². The van der Waals surface area contributed by atoms with E-state index < -0.39 is 5.82 Å². The molecule has 0 fully saturated rings. The standard InChI is InChI=1S/C15H18FN3O2/c1-3-6-14(20)19(2)10-9-13-17-15(21-18-13)11-7-4-5-8-12(11)16/h4-5,7-8H,3,6,9-10H2,1-2H3. The Bertz CT molecular complexity index is 612. The zero-order chi connectivity index (χ0) is 15.2. The molecule has 1 heterocycles. The van der Waals surface area contributed by atoms with Crippen molar-refractivity contribution >= 4 is 5.91 Å². The Morgan fingerprint density at radius 2 is 2.14 bits per heavy atom. The third-order valence-corrected chi connectivity index (χ3v) is 3.13. The number of amides is 1. The number of hydrogen-bond acceptors (Lipinski definition) is 4. The second kappa shape index (κ2) is 6.97. The molecule has 0 aliphatic heterocycles. The Hall–Kier alpha value is -2.24. The van der Waals surface area contributed by atoms with E-state index in [0.717, 1.165) is 6.42 Å². The van der Waals surface area contributed by atoms with Crippen LogP contribution in [0.1, 0.15) is 25.6 Å². The molecule has 5 nitrogen and oxygen atoms in total. The molecule has 1 aromatic carbocycles. The van der Waals surface area contributed by atoms with Gasteiger partial charge >= 0.3 is 0 Å². The Morgan fingerprint density at radius 1 is 1.38 bits per heavy atom. The van der Waals surface area contributed by atoms with Crippen LogP contribution >= 0.6 is 0 Å². The lowest BCUT2D eigenvalue weighted by atomic mass is 10.2. The van der Waals surface area contributed by atoms with Crippen molar-refractivity contribution in [3.63, 3.8) is 0 Å². The molecule has 0 bridgehead atoms. The van der Waals surface area contributed by atoms with Crippen molar-refractivity contribution in [2.24, 2.45) is 0 Å². The van der Waals surface area contributed by atoms with E-state index in [9.17, 15) is 9.18 Å². The molecular weight excluding hydrogens is 273 g/mol. The third-order valence-electron chi connectivity index (χ3n) is 3.13. The highest BCUT2D eigenvalue weighted by atomic mass is 19.1. The maximum atomic E-state index is 13.6. The zero-order valence-corrected chi connectivity index (χ0v) is 12.2. The van der Waals surface area contributed by atoms with Crippen molar-refractivity contribution < 1.29 is 13.7 Å². The van der Waals surface area contributed by atoms with E-state index >= 15 is 0 Å². The van der Waals surface area contributed by atoms with Gasteiger partial charge in [-0.3, -0.25) is 4.79 Å². The van der Waals surface area contributed by atoms with Crippen LogP contribution in [0.2, 0.25) is 0 Å². The Kier molecular flexibility index (Phi) is 5.03. The summed E-state index contributed by atoms with van der Waals surface area (Å²) in [7, 11) is 1.75. The number of carbonyl (C=O) groups is 1. The highest BCUT2D eigenvalue weighted by Gasteiger charge is 2.14. The number of halogens is 1. The van der Waals surface area contributed by atoms with E-state index in [-0.39, 0.29) is 17.4 Å².